The number of carbonyl (C=O) groups is 2. The van der Waals surface area contributed by atoms with Gasteiger partial charge in [0.05, 0.1) is 11.3 Å². The Morgan fingerprint density at radius 1 is 1.12 bits per heavy atom. The van der Waals surface area contributed by atoms with E-state index in [0.717, 1.165) is 32.1 Å². The SMILES string of the molecule is C[C@@H](C(=O)NC1CCCCC1)N(Cc1ccc(F)cc1)C(=O)Cc1ccccc1[N+](=O)[O-]. The first-order chi connectivity index (χ1) is 15.3. The number of rotatable bonds is 8. The minimum absolute atomic E-state index is 0.0942. The van der Waals surface area contributed by atoms with Crippen molar-refractivity contribution in [3.8, 4) is 0 Å². The molecule has 1 aliphatic rings. The normalized spacial score (nSPS) is 15.1. The van der Waals surface area contributed by atoms with Gasteiger partial charge in [0.15, 0.2) is 0 Å². The molecule has 2 aromatic rings. The van der Waals surface area contributed by atoms with Crippen LogP contribution in [0.3, 0.4) is 0 Å². The van der Waals surface area contributed by atoms with E-state index in [2.05, 4.69) is 5.32 Å². The van der Waals surface area contributed by atoms with Gasteiger partial charge in [-0.15, -0.1) is 0 Å². The number of nitro groups is 1. The highest BCUT2D eigenvalue weighted by Crippen LogP contribution is 2.21. The largest absolute Gasteiger partial charge is 0.352 e. The molecule has 32 heavy (non-hydrogen) atoms. The van der Waals surface area contributed by atoms with Crippen molar-refractivity contribution in [1.82, 2.24) is 10.2 Å². The summed E-state index contributed by atoms with van der Waals surface area (Å²) in [6.45, 7) is 1.75. The van der Waals surface area contributed by atoms with Crippen LogP contribution in [-0.2, 0) is 22.6 Å². The van der Waals surface area contributed by atoms with E-state index in [1.54, 1.807) is 37.3 Å². The van der Waals surface area contributed by atoms with Crippen molar-refractivity contribution >= 4 is 17.5 Å². The highest BCUT2D eigenvalue weighted by Gasteiger charge is 2.29. The number of hydrogen-bond donors (Lipinski definition) is 1. The zero-order chi connectivity index (χ0) is 23.1. The van der Waals surface area contributed by atoms with Gasteiger partial charge < -0.3 is 10.2 Å². The molecule has 1 saturated carbocycles. The molecule has 1 atom stereocenters. The van der Waals surface area contributed by atoms with E-state index in [0.29, 0.717) is 5.56 Å². The van der Waals surface area contributed by atoms with Crippen LogP contribution in [0.2, 0.25) is 0 Å². The molecule has 2 aromatic carbocycles. The summed E-state index contributed by atoms with van der Waals surface area (Å²) in [6, 6.07) is 11.1. The fourth-order valence-electron chi connectivity index (χ4n) is 4.04. The van der Waals surface area contributed by atoms with Gasteiger partial charge in [-0.25, -0.2) is 4.39 Å². The number of benzene rings is 2. The van der Waals surface area contributed by atoms with Crippen LogP contribution in [0.25, 0.3) is 0 Å². The van der Waals surface area contributed by atoms with Gasteiger partial charge in [0, 0.05) is 24.2 Å². The number of para-hydroxylation sites is 1. The molecule has 0 spiro atoms. The predicted octanol–water partition coefficient (Wildman–Crippen LogP) is 4.14. The molecule has 0 radical (unpaired) electrons. The van der Waals surface area contributed by atoms with Gasteiger partial charge in [0.1, 0.15) is 11.9 Å². The molecule has 1 fully saturated rings. The van der Waals surface area contributed by atoms with Gasteiger partial charge in [-0.05, 0) is 37.5 Å². The smallest absolute Gasteiger partial charge is 0.273 e. The molecule has 0 aromatic heterocycles. The standard InChI is InChI=1S/C24H28FN3O4/c1-17(24(30)26-21-8-3-2-4-9-21)27(16-18-11-13-20(25)14-12-18)23(29)15-19-7-5-6-10-22(19)28(31)32/h5-7,10-14,17,21H,2-4,8-9,15-16H2,1H3,(H,26,30)/t17-/m0/s1. The second-order valence-electron chi connectivity index (χ2n) is 8.23. The second kappa shape index (κ2) is 10.8. The molecule has 7 nitrogen and oxygen atoms in total. The van der Waals surface area contributed by atoms with Crippen LogP contribution < -0.4 is 5.32 Å². The van der Waals surface area contributed by atoms with Gasteiger partial charge in [-0.2, -0.15) is 0 Å². The topological polar surface area (TPSA) is 92.6 Å². The number of hydrogen-bond acceptors (Lipinski definition) is 4. The van der Waals surface area contributed by atoms with Gasteiger partial charge in [-0.1, -0.05) is 49.6 Å². The Morgan fingerprint density at radius 3 is 2.44 bits per heavy atom. The summed E-state index contributed by atoms with van der Waals surface area (Å²) >= 11 is 0. The zero-order valence-electron chi connectivity index (χ0n) is 18.1. The third kappa shape index (κ3) is 6.12. The van der Waals surface area contributed by atoms with E-state index in [9.17, 15) is 24.1 Å². The number of nitrogens with zero attached hydrogens (tertiary/aromatic N) is 2. The summed E-state index contributed by atoms with van der Waals surface area (Å²) in [5, 5.41) is 14.4. The van der Waals surface area contributed by atoms with E-state index >= 15 is 0 Å². The number of amides is 2. The molecule has 170 valence electrons. The van der Waals surface area contributed by atoms with Crippen molar-refractivity contribution < 1.29 is 18.9 Å². The average molecular weight is 442 g/mol. The fraction of sp³-hybridized carbons (Fsp3) is 0.417. The Balaban J connectivity index is 1.80. The molecule has 0 bridgehead atoms. The van der Waals surface area contributed by atoms with Crippen molar-refractivity contribution in [2.45, 2.75) is 64.1 Å². The van der Waals surface area contributed by atoms with Gasteiger partial charge >= 0.3 is 0 Å². The first-order valence-corrected chi connectivity index (χ1v) is 10.9. The molecular weight excluding hydrogens is 413 g/mol. The molecule has 3 rings (SSSR count). The van der Waals surface area contributed by atoms with Crippen LogP contribution in [0.5, 0.6) is 0 Å². The van der Waals surface area contributed by atoms with E-state index in [-0.39, 0.29) is 36.2 Å². The van der Waals surface area contributed by atoms with Crippen molar-refractivity contribution in [1.29, 1.82) is 0 Å². The van der Waals surface area contributed by atoms with E-state index in [1.807, 2.05) is 0 Å². The minimum atomic E-state index is -0.780. The number of nitro benzene ring substituents is 1. The Morgan fingerprint density at radius 2 is 1.78 bits per heavy atom. The van der Waals surface area contributed by atoms with Crippen LogP contribution in [-0.4, -0.2) is 33.7 Å². The molecule has 0 aliphatic heterocycles. The molecule has 0 heterocycles. The van der Waals surface area contributed by atoms with Gasteiger partial charge in [0.25, 0.3) is 5.69 Å². The Hall–Kier alpha value is -3.29. The van der Waals surface area contributed by atoms with Crippen LogP contribution in [0, 0.1) is 15.9 Å². The quantitative estimate of drug-likeness (QED) is 0.492. The van der Waals surface area contributed by atoms with Crippen LogP contribution in [0.15, 0.2) is 48.5 Å². The summed E-state index contributed by atoms with van der Waals surface area (Å²) in [5.74, 6) is -1.06. The van der Waals surface area contributed by atoms with Gasteiger partial charge in [-0.3, -0.25) is 19.7 Å². The first kappa shape index (κ1) is 23.4. The summed E-state index contributed by atoms with van der Waals surface area (Å²) in [6.07, 6.45) is 4.91. The highest BCUT2D eigenvalue weighted by molar-refractivity contribution is 5.88. The lowest BCUT2D eigenvalue weighted by Crippen LogP contribution is -2.50. The highest BCUT2D eigenvalue weighted by atomic mass is 19.1. The van der Waals surface area contributed by atoms with Gasteiger partial charge in [0.2, 0.25) is 11.8 Å². The lowest BCUT2D eigenvalue weighted by atomic mass is 9.95. The zero-order valence-corrected chi connectivity index (χ0v) is 18.1. The minimum Gasteiger partial charge on any atom is -0.352 e. The molecule has 8 heteroatoms. The van der Waals surface area contributed by atoms with E-state index in [4.69, 9.17) is 0 Å². The average Bonchev–Trinajstić information content (AvgIpc) is 2.79. The Labute approximate surface area is 186 Å². The molecule has 0 unspecified atom stereocenters. The summed E-state index contributed by atoms with van der Waals surface area (Å²) < 4.78 is 13.3. The third-order valence-corrected chi connectivity index (χ3v) is 5.92. The lowest BCUT2D eigenvalue weighted by molar-refractivity contribution is -0.385. The second-order valence-corrected chi connectivity index (χ2v) is 8.23. The van der Waals surface area contributed by atoms with Crippen LogP contribution in [0.4, 0.5) is 10.1 Å². The number of halogens is 1. The molecule has 1 N–H and O–H groups in total. The van der Waals surface area contributed by atoms with Crippen molar-refractivity contribution in [2.75, 3.05) is 0 Å². The number of nitrogens with one attached hydrogen (secondary N) is 1. The molecule has 1 aliphatic carbocycles. The van der Waals surface area contributed by atoms with Crippen molar-refractivity contribution in [3.05, 3.63) is 75.6 Å². The molecule has 2 amide bonds. The summed E-state index contributed by atoms with van der Waals surface area (Å²) in [4.78, 5) is 38.4. The van der Waals surface area contributed by atoms with Crippen molar-refractivity contribution in [3.63, 3.8) is 0 Å². The summed E-state index contributed by atoms with van der Waals surface area (Å²) in [7, 11) is 0. The van der Waals surface area contributed by atoms with E-state index < -0.39 is 22.7 Å². The van der Waals surface area contributed by atoms with Crippen LogP contribution in [0.1, 0.15) is 50.2 Å². The Bertz CT molecular complexity index is 958. The molecule has 0 saturated heterocycles. The maximum atomic E-state index is 13.3. The van der Waals surface area contributed by atoms with Crippen molar-refractivity contribution in [2.24, 2.45) is 0 Å². The first-order valence-electron chi connectivity index (χ1n) is 10.9. The summed E-state index contributed by atoms with van der Waals surface area (Å²) in [5.41, 5.74) is 0.813. The number of carbonyl (C=O) groups excluding carboxylic acids is 2. The van der Waals surface area contributed by atoms with E-state index in [1.165, 1.54) is 23.1 Å². The maximum absolute atomic E-state index is 13.3. The third-order valence-electron chi connectivity index (χ3n) is 5.92. The Kier molecular flexibility index (Phi) is 7.92. The lowest BCUT2D eigenvalue weighted by Gasteiger charge is -2.31. The fourth-order valence-corrected chi connectivity index (χ4v) is 4.04. The monoisotopic (exact) mass is 441 g/mol. The predicted molar refractivity (Wildman–Crippen MR) is 118 cm³/mol. The maximum Gasteiger partial charge on any atom is 0.273 e. The molecular formula is C24H28FN3O4. The van der Waals surface area contributed by atoms with Crippen LogP contribution >= 0.6 is 0 Å².